The highest BCUT2D eigenvalue weighted by molar-refractivity contribution is 7.92. The summed E-state index contributed by atoms with van der Waals surface area (Å²) in [4.78, 5) is 29.0. The molecule has 0 saturated carbocycles. The molecule has 3 rings (SSSR count). The van der Waals surface area contributed by atoms with E-state index in [4.69, 9.17) is 14.2 Å². The first-order valence-corrected chi connectivity index (χ1v) is 15.9. The number of aryl methyl sites for hydroxylation is 1. The van der Waals surface area contributed by atoms with Gasteiger partial charge in [-0.1, -0.05) is 50.6 Å². The lowest BCUT2D eigenvalue weighted by molar-refractivity contribution is -0.140. The average Bonchev–Trinajstić information content (AvgIpc) is 3.02. The number of methoxy groups -OCH3 is 3. The number of hydrogen-bond donors (Lipinski definition) is 1. The molecule has 0 spiro atoms. The molecule has 0 heterocycles. The number of sulfonamides is 1. The van der Waals surface area contributed by atoms with Gasteiger partial charge in [0.15, 0.2) is 11.5 Å². The van der Waals surface area contributed by atoms with E-state index in [-0.39, 0.29) is 29.0 Å². The van der Waals surface area contributed by atoms with E-state index < -0.39 is 28.5 Å². The lowest BCUT2D eigenvalue weighted by Crippen LogP contribution is -2.52. The maximum absolute atomic E-state index is 14.3. The van der Waals surface area contributed by atoms with Crippen LogP contribution < -0.4 is 23.8 Å². The summed E-state index contributed by atoms with van der Waals surface area (Å²) in [5, 5.41) is 2.93. The minimum atomic E-state index is -4.28. The van der Waals surface area contributed by atoms with Crippen molar-refractivity contribution in [3.63, 3.8) is 0 Å². The van der Waals surface area contributed by atoms with Gasteiger partial charge < -0.3 is 24.4 Å². The molecule has 0 aliphatic heterocycles. The fraction of sp³-hybridized carbons (Fsp3) is 0.394. The summed E-state index contributed by atoms with van der Waals surface area (Å²) in [5.41, 5.74) is 1.96. The van der Waals surface area contributed by atoms with Gasteiger partial charge in [-0.3, -0.25) is 13.9 Å². The zero-order valence-electron chi connectivity index (χ0n) is 26.5. The second-order valence-electron chi connectivity index (χ2n) is 10.8. The predicted octanol–water partition coefficient (Wildman–Crippen LogP) is 4.80. The van der Waals surface area contributed by atoms with E-state index in [9.17, 15) is 18.0 Å². The molecule has 0 unspecified atom stereocenters. The molecule has 0 radical (unpaired) electrons. The van der Waals surface area contributed by atoms with Gasteiger partial charge in [-0.05, 0) is 61.2 Å². The van der Waals surface area contributed by atoms with Gasteiger partial charge in [0.05, 0.1) is 31.9 Å². The van der Waals surface area contributed by atoms with Gasteiger partial charge in [0.2, 0.25) is 11.8 Å². The highest BCUT2D eigenvalue weighted by atomic mass is 32.2. The Morgan fingerprint density at radius 3 is 2.16 bits per heavy atom. The highest BCUT2D eigenvalue weighted by Gasteiger charge is 2.34. The summed E-state index contributed by atoms with van der Waals surface area (Å²) in [5.74, 6) is 0.571. The van der Waals surface area contributed by atoms with E-state index in [0.717, 1.165) is 15.4 Å². The monoisotopic (exact) mass is 625 g/mol. The SMILES string of the molecule is CC[C@@H](C(=O)NCC(C)C)N(Cc1cccc(OC)c1)C(=O)CN(c1ccc(C)cc1)S(=O)(=O)c1ccc(OC)c(OC)c1. The summed E-state index contributed by atoms with van der Waals surface area (Å²) < 4.78 is 45.5. The Bertz CT molecular complexity index is 1520. The number of carbonyl (C=O) groups is 2. The van der Waals surface area contributed by atoms with Crippen molar-refractivity contribution < 1.29 is 32.2 Å². The van der Waals surface area contributed by atoms with Crippen LogP contribution in [0.5, 0.6) is 17.2 Å². The van der Waals surface area contributed by atoms with Crippen molar-refractivity contribution in [2.75, 3.05) is 38.7 Å². The largest absolute Gasteiger partial charge is 0.497 e. The summed E-state index contributed by atoms with van der Waals surface area (Å²) in [6.45, 7) is 7.65. The van der Waals surface area contributed by atoms with E-state index in [1.54, 1.807) is 49.6 Å². The third kappa shape index (κ3) is 8.43. The average molecular weight is 626 g/mol. The normalized spacial score (nSPS) is 11.9. The number of benzene rings is 3. The van der Waals surface area contributed by atoms with E-state index in [0.29, 0.717) is 30.2 Å². The molecule has 3 aromatic rings. The van der Waals surface area contributed by atoms with Crippen LogP contribution in [0, 0.1) is 12.8 Å². The van der Waals surface area contributed by atoms with Gasteiger partial charge in [0.25, 0.3) is 10.0 Å². The van der Waals surface area contributed by atoms with Crippen LogP contribution in [0.1, 0.15) is 38.3 Å². The topological polar surface area (TPSA) is 114 Å². The van der Waals surface area contributed by atoms with Crippen molar-refractivity contribution in [3.8, 4) is 17.2 Å². The number of nitrogens with one attached hydrogen (secondary N) is 1. The predicted molar refractivity (Wildman–Crippen MR) is 171 cm³/mol. The van der Waals surface area contributed by atoms with E-state index in [1.807, 2.05) is 33.8 Å². The van der Waals surface area contributed by atoms with E-state index >= 15 is 0 Å². The molecule has 1 N–H and O–H groups in total. The van der Waals surface area contributed by atoms with Crippen molar-refractivity contribution in [2.45, 2.75) is 51.6 Å². The highest BCUT2D eigenvalue weighted by Crippen LogP contribution is 2.32. The number of hydrogen-bond acceptors (Lipinski definition) is 7. The third-order valence-electron chi connectivity index (χ3n) is 7.10. The molecule has 238 valence electrons. The second kappa shape index (κ2) is 15.5. The van der Waals surface area contributed by atoms with E-state index in [1.165, 1.54) is 37.3 Å². The third-order valence-corrected chi connectivity index (χ3v) is 8.87. The van der Waals surface area contributed by atoms with Gasteiger partial charge in [0.1, 0.15) is 18.3 Å². The van der Waals surface area contributed by atoms with Gasteiger partial charge in [-0.25, -0.2) is 8.42 Å². The molecule has 44 heavy (non-hydrogen) atoms. The van der Waals surface area contributed by atoms with Crippen LogP contribution in [0.2, 0.25) is 0 Å². The molecular formula is C33H43N3O7S. The zero-order chi connectivity index (χ0) is 32.4. The van der Waals surface area contributed by atoms with Crippen LogP contribution in [-0.2, 0) is 26.2 Å². The molecule has 0 bridgehead atoms. The molecule has 2 amide bonds. The number of carbonyl (C=O) groups excluding carboxylic acids is 2. The Labute approximate surface area is 261 Å². The number of amides is 2. The van der Waals surface area contributed by atoms with Crippen molar-refractivity contribution in [1.82, 2.24) is 10.2 Å². The molecule has 0 fully saturated rings. The molecule has 0 aliphatic carbocycles. The smallest absolute Gasteiger partial charge is 0.264 e. The zero-order valence-corrected chi connectivity index (χ0v) is 27.3. The summed E-state index contributed by atoms with van der Waals surface area (Å²) in [6, 6.07) is 17.5. The lowest BCUT2D eigenvalue weighted by atomic mass is 10.1. The Hall–Kier alpha value is -4.25. The van der Waals surface area contributed by atoms with Crippen LogP contribution in [-0.4, -0.2) is 65.6 Å². The molecule has 0 aliphatic rings. The number of nitrogens with zero attached hydrogens (tertiary/aromatic N) is 2. The van der Waals surface area contributed by atoms with Crippen LogP contribution in [0.4, 0.5) is 5.69 Å². The van der Waals surface area contributed by atoms with Crippen LogP contribution in [0.3, 0.4) is 0 Å². The Morgan fingerprint density at radius 1 is 0.886 bits per heavy atom. The van der Waals surface area contributed by atoms with Gasteiger partial charge in [-0.15, -0.1) is 0 Å². The summed E-state index contributed by atoms with van der Waals surface area (Å²) in [7, 11) is 0.147. The Kier molecular flexibility index (Phi) is 12.0. The van der Waals surface area contributed by atoms with Gasteiger partial charge in [-0.2, -0.15) is 0 Å². The number of ether oxygens (including phenoxy) is 3. The first-order chi connectivity index (χ1) is 20.9. The first-order valence-electron chi connectivity index (χ1n) is 14.5. The molecular weight excluding hydrogens is 582 g/mol. The quantitative estimate of drug-likeness (QED) is 0.258. The minimum absolute atomic E-state index is 0.0712. The standard InChI is InChI=1S/C33H43N3O7S/c1-8-29(33(38)34-20-23(2)3)35(21-25-10-9-11-27(18-25)41-5)32(37)22-36(26-14-12-24(4)13-15-26)44(39,40)28-16-17-30(42-6)31(19-28)43-7/h9-19,23,29H,8,20-22H2,1-7H3,(H,34,38)/t29-/m0/s1. The molecule has 3 aromatic carbocycles. The van der Waals surface area contributed by atoms with Crippen LogP contribution in [0.15, 0.2) is 71.6 Å². The fourth-order valence-corrected chi connectivity index (χ4v) is 6.08. The molecule has 11 heteroatoms. The summed E-state index contributed by atoms with van der Waals surface area (Å²) >= 11 is 0. The maximum Gasteiger partial charge on any atom is 0.264 e. The first kappa shape index (κ1) is 34.2. The second-order valence-corrected chi connectivity index (χ2v) is 12.7. The van der Waals surface area contributed by atoms with Crippen molar-refractivity contribution in [3.05, 3.63) is 77.9 Å². The molecule has 1 atom stereocenters. The maximum atomic E-state index is 14.3. The van der Waals surface area contributed by atoms with Crippen molar-refractivity contribution in [2.24, 2.45) is 5.92 Å². The Morgan fingerprint density at radius 2 is 1.57 bits per heavy atom. The minimum Gasteiger partial charge on any atom is -0.497 e. The van der Waals surface area contributed by atoms with Crippen molar-refractivity contribution >= 4 is 27.5 Å². The molecule has 0 saturated heterocycles. The van der Waals surface area contributed by atoms with Crippen LogP contribution >= 0.6 is 0 Å². The summed E-state index contributed by atoms with van der Waals surface area (Å²) in [6.07, 6.45) is 0.326. The van der Waals surface area contributed by atoms with Crippen LogP contribution in [0.25, 0.3) is 0 Å². The number of rotatable bonds is 15. The number of anilines is 1. The van der Waals surface area contributed by atoms with Gasteiger partial charge in [0, 0.05) is 19.2 Å². The molecule has 0 aromatic heterocycles. The van der Waals surface area contributed by atoms with Gasteiger partial charge >= 0.3 is 0 Å². The Balaban J connectivity index is 2.09. The fourth-order valence-electron chi connectivity index (χ4n) is 4.65. The molecule has 10 nitrogen and oxygen atoms in total. The lowest BCUT2D eigenvalue weighted by Gasteiger charge is -2.33. The van der Waals surface area contributed by atoms with E-state index in [2.05, 4.69) is 5.32 Å². The van der Waals surface area contributed by atoms with Crippen molar-refractivity contribution in [1.29, 1.82) is 0 Å².